The number of quaternary nitrogens is 1. The third-order valence-corrected chi connectivity index (χ3v) is 2.50. The van der Waals surface area contributed by atoms with Gasteiger partial charge in [0.15, 0.2) is 0 Å². The van der Waals surface area contributed by atoms with E-state index in [0.717, 1.165) is 13.1 Å². The van der Waals surface area contributed by atoms with E-state index in [1.807, 2.05) is 12.1 Å². The minimum absolute atomic E-state index is 0.885. The summed E-state index contributed by atoms with van der Waals surface area (Å²) in [7, 11) is 0. The number of hydrogen-bond acceptors (Lipinski definition) is 1. The van der Waals surface area contributed by atoms with Gasteiger partial charge in [0.1, 0.15) is 0 Å². The molecule has 0 saturated heterocycles. The van der Waals surface area contributed by atoms with Crippen LogP contribution in [-0.2, 0) is 13.1 Å². The van der Waals surface area contributed by atoms with Crippen LogP contribution in [0.4, 0.5) is 0 Å². The van der Waals surface area contributed by atoms with Gasteiger partial charge >= 0.3 is 0 Å². The summed E-state index contributed by atoms with van der Waals surface area (Å²) in [6, 6.07) is 20.8. The molecule has 2 nitrogen and oxygen atoms in total. The molecule has 0 bridgehead atoms. The molecule has 0 unspecified atom stereocenters. The highest BCUT2D eigenvalue weighted by Gasteiger charge is 2.04. The molecule has 82 valence electrons. The first-order valence-electron chi connectivity index (χ1n) is 5.48. The van der Waals surface area contributed by atoms with Crippen LogP contribution in [-0.4, -0.2) is 5.01 Å². The van der Waals surface area contributed by atoms with Crippen molar-refractivity contribution in [3.05, 3.63) is 71.8 Å². The average Bonchev–Trinajstić information content (AvgIpc) is 2.31. The molecule has 0 aromatic heterocycles. The molecular weight excluding hydrogens is 196 g/mol. The molecule has 0 saturated carbocycles. The fourth-order valence-corrected chi connectivity index (χ4v) is 1.74. The Hall–Kier alpha value is -1.64. The first kappa shape index (κ1) is 10.9. The van der Waals surface area contributed by atoms with Gasteiger partial charge in [-0.25, -0.2) is 0 Å². The van der Waals surface area contributed by atoms with Crippen LogP contribution in [0.25, 0.3) is 0 Å². The third-order valence-electron chi connectivity index (χ3n) is 2.50. The maximum atomic E-state index is 4.06. The van der Waals surface area contributed by atoms with Crippen molar-refractivity contribution in [2.24, 2.45) is 0 Å². The Balaban J connectivity index is 1.92. The van der Waals surface area contributed by atoms with E-state index in [1.54, 1.807) is 0 Å². The molecular formula is C14H17N2+. The van der Waals surface area contributed by atoms with Gasteiger partial charge in [0.05, 0.1) is 13.1 Å². The maximum absolute atomic E-state index is 4.06. The SMILES string of the molecule is [NH3+]N(Cc1ccccc1)Cc1ccccc1. The molecule has 0 aliphatic rings. The van der Waals surface area contributed by atoms with Crippen molar-refractivity contribution in [3.8, 4) is 0 Å². The zero-order valence-electron chi connectivity index (χ0n) is 9.34. The molecule has 0 aliphatic carbocycles. The quantitative estimate of drug-likeness (QED) is 0.772. The normalized spacial score (nSPS) is 10.6. The number of benzene rings is 2. The van der Waals surface area contributed by atoms with Crippen molar-refractivity contribution in [3.63, 3.8) is 0 Å². The third kappa shape index (κ3) is 3.19. The lowest BCUT2D eigenvalue weighted by Crippen LogP contribution is -2.66. The van der Waals surface area contributed by atoms with Crippen molar-refractivity contribution in [2.75, 3.05) is 0 Å². The highest BCUT2D eigenvalue weighted by molar-refractivity contribution is 5.16. The van der Waals surface area contributed by atoms with Crippen LogP contribution in [0.3, 0.4) is 0 Å². The first-order valence-corrected chi connectivity index (χ1v) is 5.48. The van der Waals surface area contributed by atoms with E-state index in [-0.39, 0.29) is 0 Å². The smallest absolute Gasteiger partial charge is 0.0727 e. The average molecular weight is 213 g/mol. The molecule has 0 aliphatic heterocycles. The molecule has 0 fully saturated rings. The van der Waals surface area contributed by atoms with Crippen LogP contribution in [0.5, 0.6) is 0 Å². The standard InChI is InChI=1S/C14H16N2/c15-16(11-13-7-3-1-4-8-13)12-14-9-5-2-6-10-14/h1-10H,11-12,15H2/p+1. The van der Waals surface area contributed by atoms with Gasteiger partial charge in [-0.2, -0.15) is 5.01 Å². The second kappa shape index (κ2) is 5.45. The highest BCUT2D eigenvalue weighted by Crippen LogP contribution is 2.05. The molecule has 2 heteroatoms. The van der Waals surface area contributed by atoms with Gasteiger partial charge in [0, 0.05) is 0 Å². The van der Waals surface area contributed by atoms with Gasteiger partial charge in [-0.3, -0.25) is 5.84 Å². The Morgan fingerprint density at radius 3 is 1.44 bits per heavy atom. The Kier molecular flexibility index (Phi) is 3.70. The zero-order chi connectivity index (χ0) is 11.2. The van der Waals surface area contributed by atoms with Gasteiger partial charge in [-0.15, -0.1) is 0 Å². The van der Waals surface area contributed by atoms with E-state index in [4.69, 9.17) is 0 Å². The van der Waals surface area contributed by atoms with E-state index >= 15 is 0 Å². The molecule has 2 aromatic rings. The van der Waals surface area contributed by atoms with Crippen LogP contribution in [0, 0.1) is 0 Å². The second-order valence-corrected chi connectivity index (χ2v) is 3.96. The van der Waals surface area contributed by atoms with E-state index in [1.165, 1.54) is 11.1 Å². The fraction of sp³-hybridized carbons (Fsp3) is 0.143. The number of nitrogens with zero attached hydrogens (tertiary/aromatic N) is 1. The fourth-order valence-electron chi connectivity index (χ4n) is 1.74. The van der Waals surface area contributed by atoms with Gasteiger partial charge in [-0.1, -0.05) is 60.7 Å². The van der Waals surface area contributed by atoms with E-state index in [0.29, 0.717) is 0 Å². The Labute approximate surface area is 96.3 Å². The molecule has 0 heterocycles. The zero-order valence-corrected chi connectivity index (χ0v) is 9.34. The van der Waals surface area contributed by atoms with Gasteiger partial charge < -0.3 is 0 Å². The van der Waals surface area contributed by atoms with Crippen molar-refractivity contribution in [1.29, 1.82) is 0 Å². The van der Waals surface area contributed by atoms with Crippen LogP contribution < -0.4 is 5.84 Å². The Morgan fingerprint density at radius 2 is 1.06 bits per heavy atom. The van der Waals surface area contributed by atoms with Gasteiger partial charge in [0.2, 0.25) is 0 Å². The van der Waals surface area contributed by atoms with E-state index < -0.39 is 0 Å². The number of hydrogen-bond donors (Lipinski definition) is 1. The first-order chi connectivity index (χ1) is 7.84. The van der Waals surface area contributed by atoms with E-state index in [2.05, 4.69) is 59.4 Å². The topological polar surface area (TPSA) is 30.9 Å². The molecule has 2 rings (SSSR count). The summed E-state index contributed by atoms with van der Waals surface area (Å²) in [5, 5.41) is 2.07. The van der Waals surface area contributed by atoms with Crippen molar-refractivity contribution in [2.45, 2.75) is 13.1 Å². The molecule has 0 spiro atoms. The second-order valence-electron chi connectivity index (χ2n) is 3.96. The summed E-state index contributed by atoms with van der Waals surface area (Å²) in [5.41, 5.74) is 2.60. The lowest BCUT2D eigenvalue weighted by Gasteiger charge is -2.12. The van der Waals surface area contributed by atoms with Crippen LogP contribution >= 0.6 is 0 Å². The summed E-state index contributed by atoms with van der Waals surface area (Å²) in [6.45, 7) is 1.77. The molecule has 16 heavy (non-hydrogen) atoms. The monoisotopic (exact) mass is 213 g/mol. The van der Waals surface area contributed by atoms with Crippen LogP contribution in [0.1, 0.15) is 11.1 Å². The van der Waals surface area contributed by atoms with Crippen molar-refractivity contribution < 1.29 is 5.84 Å². The molecule has 2 aromatic carbocycles. The maximum Gasteiger partial charge on any atom is 0.0727 e. The largest absolute Gasteiger partial charge is 0.277 e. The highest BCUT2D eigenvalue weighted by atomic mass is 15.4. The van der Waals surface area contributed by atoms with Crippen LogP contribution in [0.15, 0.2) is 60.7 Å². The molecule has 3 N–H and O–H groups in total. The Bertz CT molecular complexity index is 370. The molecule has 0 radical (unpaired) electrons. The number of rotatable bonds is 4. The lowest BCUT2D eigenvalue weighted by molar-refractivity contribution is -0.584. The van der Waals surface area contributed by atoms with Gasteiger partial charge in [-0.05, 0) is 11.1 Å². The summed E-state index contributed by atoms with van der Waals surface area (Å²) in [4.78, 5) is 0. The van der Waals surface area contributed by atoms with Gasteiger partial charge in [0.25, 0.3) is 0 Å². The predicted octanol–water partition coefficient (Wildman–Crippen LogP) is 1.85. The Morgan fingerprint density at radius 1 is 0.688 bits per heavy atom. The predicted molar refractivity (Wildman–Crippen MR) is 65.0 cm³/mol. The van der Waals surface area contributed by atoms with Crippen LogP contribution in [0.2, 0.25) is 0 Å². The summed E-state index contributed by atoms with van der Waals surface area (Å²) in [5.74, 6) is 4.06. The van der Waals surface area contributed by atoms with Crippen molar-refractivity contribution >= 4 is 0 Å². The lowest BCUT2D eigenvalue weighted by atomic mass is 10.2. The summed E-state index contributed by atoms with van der Waals surface area (Å²) >= 11 is 0. The summed E-state index contributed by atoms with van der Waals surface area (Å²) < 4.78 is 0. The summed E-state index contributed by atoms with van der Waals surface area (Å²) in [6.07, 6.45) is 0. The minimum Gasteiger partial charge on any atom is -0.277 e. The van der Waals surface area contributed by atoms with E-state index in [9.17, 15) is 0 Å². The van der Waals surface area contributed by atoms with Crippen molar-refractivity contribution in [1.82, 2.24) is 5.01 Å². The molecule has 0 atom stereocenters. The molecule has 0 amide bonds. The minimum atomic E-state index is 0.885.